The lowest BCUT2D eigenvalue weighted by Crippen LogP contribution is -2.28. The van der Waals surface area contributed by atoms with Crippen molar-refractivity contribution in [1.82, 2.24) is 5.17 Å². The van der Waals surface area contributed by atoms with Crippen LogP contribution in [0.4, 0.5) is 4.79 Å². The van der Waals surface area contributed by atoms with Crippen LogP contribution >= 0.6 is 0 Å². The Bertz CT molecular complexity index is 282. The van der Waals surface area contributed by atoms with E-state index in [9.17, 15) is 14.4 Å². The molecule has 0 saturated heterocycles. The third-order valence-electron chi connectivity index (χ3n) is 0.899. The van der Waals surface area contributed by atoms with E-state index in [-0.39, 0.29) is 11.8 Å². The minimum absolute atomic E-state index is 0.0509. The Morgan fingerprint density at radius 1 is 1.64 bits per heavy atom. The van der Waals surface area contributed by atoms with Gasteiger partial charge in [-0.2, -0.15) is 0 Å². The predicted molar refractivity (Wildman–Crippen MR) is 43.3 cm³/mol. The van der Waals surface area contributed by atoms with Gasteiger partial charge in [-0.25, -0.2) is 14.4 Å². The van der Waals surface area contributed by atoms with Crippen LogP contribution < -0.4 is 0 Å². The van der Waals surface area contributed by atoms with Crippen molar-refractivity contribution in [3.05, 3.63) is 12.7 Å². The van der Waals surface area contributed by atoms with E-state index in [0.29, 0.717) is 0 Å². The molecule has 0 aliphatic heterocycles. The summed E-state index contributed by atoms with van der Waals surface area (Å²) in [5.74, 6) is -0.947. The molecule has 76 valence electrons. The minimum Gasteiger partial charge on any atom is -0.446 e. The lowest BCUT2D eigenvalue weighted by molar-refractivity contribution is -0.175. The number of hydrazone groups is 1. The van der Waals surface area contributed by atoms with E-state index in [1.165, 1.54) is 6.92 Å². The molecule has 0 saturated carbocycles. The average molecular weight is 200 g/mol. The molecule has 0 spiro atoms. The fourth-order valence-corrected chi connectivity index (χ4v) is 0.437. The van der Waals surface area contributed by atoms with Crippen LogP contribution in [0.15, 0.2) is 17.8 Å². The van der Waals surface area contributed by atoms with Crippen molar-refractivity contribution in [3.8, 4) is 0 Å². The molecule has 0 bridgehead atoms. The van der Waals surface area contributed by atoms with Crippen molar-refractivity contribution in [2.24, 2.45) is 5.10 Å². The van der Waals surface area contributed by atoms with Gasteiger partial charge in [0.05, 0.1) is 6.61 Å². The largest absolute Gasteiger partial charge is 0.466 e. The van der Waals surface area contributed by atoms with Gasteiger partial charge in [0, 0.05) is 6.08 Å². The van der Waals surface area contributed by atoms with Crippen LogP contribution in [0, 0.1) is 0 Å². The van der Waals surface area contributed by atoms with Crippen LogP contribution in [0.3, 0.4) is 0 Å². The highest BCUT2D eigenvalue weighted by molar-refractivity contribution is 5.82. The predicted octanol–water partition coefficient (Wildman–Crippen LogP) is 0.340. The number of amides is 1. The topological polar surface area (TPSA) is 85.3 Å². The van der Waals surface area contributed by atoms with Gasteiger partial charge in [-0.1, -0.05) is 6.58 Å². The zero-order valence-corrected chi connectivity index (χ0v) is 7.43. The molecule has 0 rings (SSSR count). The highest BCUT2D eigenvalue weighted by atomic mass is 16.8. The maximum atomic E-state index is 10.9. The van der Waals surface area contributed by atoms with Gasteiger partial charge in [0.25, 0.3) is 6.08 Å². The Hall–Kier alpha value is -2.14. The zero-order valence-electron chi connectivity index (χ0n) is 7.43. The van der Waals surface area contributed by atoms with Gasteiger partial charge >= 0.3 is 12.1 Å². The maximum absolute atomic E-state index is 10.9. The van der Waals surface area contributed by atoms with Gasteiger partial charge in [-0.3, -0.25) is 0 Å². The van der Waals surface area contributed by atoms with Crippen LogP contribution in [0.2, 0.25) is 0 Å². The SMILES string of the molecule is C=CC(=O)ON(N=C=O)C(=O)OCC. The van der Waals surface area contributed by atoms with Crippen LogP contribution in [0.25, 0.3) is 0 Å². The number of carbonyl (C=O) groups excluding carboxylic acids is 3. The first-order valence-electron chi connectivity index (χ1n) is 3.54. The first-order valence-corrected chi connectivity index (χ1v) is 3.54. The van der Waals surface area contributed by atoms with E-state index in [2.05, 4.69) is 21.3 Å². The van der Waals surface area contributed by atoms with Crippen molar-refractivity contribution in [2.75, 3.05) is 6.61 Å². The number of rotatable bonds is 3. The summed E-state index contributed by atoms with van der Waals surface area (Å²) in [4.78, 5) is 35.6. The third kappa shape index (κ3) is 4.03. The van der Waals surface area contributed by atoms with Crippen LogP contribution in [-0.2, 0) is 19.2 Å². The molecule has 0 fully saturated rings. The summed E-state index contributed by atoms with van der Waals surface area (Å²) in [6, 6.07) is 0. The molecule has 0 aromatic carbocycles. The Kier molecular flexibility index (Phi) is 5.41. The van der Waals surface area contributed by atoms with Crippen molar-refractivity contribution in [3.63, 3.8) is 0 Å². The van der Waals surface area contributed by atoms with Gasteiger partial charge in [-0.15, -0.1) is 0 Å². The molecule has 7 heteroatoms. The molecular weight excluding hydrogens is 192 g/mol. The molecule has 0 unspecified atom stereocenters. The summed E-state index contributed by atoms with van der Waals surface area (Å²) in [5, 5.41) is 2.88. The lowest BCUT2D eigenvalue weighted by atomic mass is 10.7. The summed E-state index contributed by atoms with van der Waals surface area (Å²) in [6.45, 7) is 4.67. The van der Waals surface area contributed by atoms with Crippen LogP contribution in [0.5, 0.6) is 0 Å². The summed E-state index contributed by atoms with van der Waals surface area (Å²) >= 11 is 0. The summed E-state index contributed by atoms with van der Waals surface area (Å²) in [6.07, 6.45) is 0.732. The molecule has 0 aromatic rings. The molecule has 0 aliphatic rings. The Balaban J connectivity index is 4.42. The molecule has 14 heavy (non-hydrogen) atoms. The second kappa shape index (κ2) is 6.38. The number of isocyanates is 1. The van der Waals surface area contributed by atoms with Gasteiger partial charge in [-0.05, 0) is 17.2 Å². The molecule has 0 N–H and O–H groups in total. The lowest BCUT2D eigenvalue weighted by Gasteiger charge is -2.11. The van der Waals surface area contributed by atoms with Gasteiger partial charge < -0.3 is 9.57 Å². The first kappa shape index (κ1) is 11.9. The van der Waals surface area contributed by atoms with E-state index in [4.69, 9.17) is 0 Å². The van der Waals surface area contributed by atoms with Crippen molar-refractivity contribution in [1.29, 1.82) is 0 Å². The van der Waals surface area contributed by atoms with E-state index < -0.39 is 12.1 Å². The molecule has 0 aliphatic carbocycles. The number of hydrogen-bond donors (Lipinski definition) is 0. The zero-order chi connectivity index (χ0) is 11.0. The number of carbonyl (C=O) groups is 2. The summed E-state index contributed by atoms with van der Waals surface area (Å²) in [5.41, 5.74) is 0. The van der Waals surface area contributed by atoms with Gasteiger partial charge in [0.2, 0.25) is 0 Å². The normalized spacial score (nSPS) is 8.07. The summed E-state index contributed by atoms with van der Waals surface area (Å²) < 4.78 is 4.40. The van der Waals surface area contributed by atoms with Crippen molar-refractivity contribution >= 4 is 18.1 Å². The third-order valence-corrected chi connectivity index (χ3v) is 0.899. The molecule has 1 amide bonds. The second-order valence-corrected chi connectivity index (χ2v) is 1.78. The molecule has 7 nitrogen and oxygen atoms in total. The molecular formula is C7H8N2O5. The van der Waals surface area contributed by atoms with Gasteiger partial charge in [0.1, 0.15) is 0 Å². The number of hydrogen-bond acceptors (Lipinski definition) is 6. The number of ether oxygens (including phenoxy) is 1. The van der Waals surface area contributed by atoms with E-state index in [1.807, 2.05) is 0 Å². The number of nitrogens with zero attached hydrogens (tertiary/aromatic N) is 2. The number of hydroxylamine groups is 1. The van der Waals surface area contributed by atoms with E-state index in [0.717, 1.165) is 12.2 Å². The smallest absolute Gasteiger partial charge is 0.446 e. The highest BCUT2D eigenvalue weighted by Crippen LogP contribution is 1.97. The molecule has 0 atom stereocenters. The van der Waals surface area contributed by atoms with E-state index >= 15 is 0 Å². The van der Waals surface area contributed by atoms with Crippen molar-refractivity contribution in [2.45, 2.75) is 6.92 Å². The van der Waals surface area contributed by atoms with Crippen LogP contribution in [0.1, 0.15) is 6.92 Å². The highest BCUT2D eigenvalue weighted by Gasteiger charge is 2.18. The second-order valence-electron chi connectivity index (χ2n) is 1.78. The Labute approximate surface area is 79.5 Å². The van der Waals surface area contributed by atoms with Crippen molar-refractivity contribution < 1.29 is 24.0 Å². The first-order chi connectivity index (χ1) is 6.65. The molecule has 0 aromatic heterocycles. The average Bonchev–Trinajstić information content (AvgIpc) is 2.17. The minimum atomic E-state index is -1.09. The summed E-state index contributed by atoms with van der Waals surface area (Å²) in [7, 11) is 0. The quantitative estimate of drug-likeness (QED) is 0.284. The molecule has 0 heterocycles. The fourth-order valence-electron chi connectivity index (χ4n) is 0.437. The van der Waals surface area contributed by atoms with Crippen LogP contribution in [-0.4, -0.2) is 29.9 Å². The van der Waals surface area contributed by atoms with E-state index in [1.54, 1.807) is 0 Å². The van der Waals surface area contributed by atoms with Gasteiger partial charge in [0.15, 0.2) is 0 Å². The Morgan fingerprint density at radius 3 is 2.71 bits per heavy atom. The Morgan fingerprint density at radius 2 is 2.29 bits per heavy atom. The standard InChI is InChI=1S/C7H8N2O5/c1-3-6(11)14-9(8-5-10)7(12)13-4-2/h3H,1,4H2,2H3. The molecule has 0 radical (unpaired) electrons. The fraction of sp³-hybridized carbons (Fsp3) is 0.286. The monoisotopic (exact) mass is 200 g/mol. The maximum Gasteiger partial charge on any atom is 0.466 e.